The Morgan fingerprint density at radius 1 is 1.53 bits per heavy atom. The van der Waals surface area contributed by atoms with Crippen molar-refractivity contribution in [2.75, 3.05) is 5.32 Å². The fourth-order valence-corrected chi connectivity index (χ4v) is 2.75. The van der Waals surface area contributed by atoms with Gasteiger partial charge in [-0.15, -0.1) is 0 Å². The molecule has 1 fully saturated rings. The monoisotopic (exact) mass is 333 g/mol. The van der Waals surface area contributed by atoms with Gasteiger partial charge in [-0.25, -0.2) is 8.78 Å². The normalized spacial score (nSPS) is 21.3. The van der Waals surface area contributed by atoms with Crippen LogP contribution in [0.25, 0.3) is 0 Å². The quantitative estimate of drug-likeness (QED) is 0.823. The second-order valence-corrected chi connectivity index (χ2v) is 5.74. The van der Waals surface area contributed by atoms with Crippen molar-refractivity contribution in [1.29, 1.82) is 0 Å². The number of carbonyl (C=O) groups is 1. The Labute approximate surface area is 118 Å². The van der Waals surface area contributed by atoms with Gasteiger partial charge in [-0.1, -0.05) is 0 Å². The number of phenols is 1. The minimum absolute atomic E-state index is 0.0836. The number of hydrogen-bond donors (Lipinski definition) is 2. The van der Waals surface area contributed by atoms with Crippen molar-refractivity contribution in [1.82, 2.24) is 0 Å². The summed E-state index contributed by atoms with van der Waals surface area (Å²) in [6.07, 6.45) is 0.144. The highest BCUT2D eigenvalue weighted by Gasteiger charge is 2.39. The fourth-order valence-electron chi connectivity index (χ4n) is 2.28. The molecule has 0 bridgehead atoms. The molecule has 1 aromatic rings. The van der Waals surface area contributed by atoms with Crippen LogP contribution in [0.1, 0.15) is 25.7 Å². The first-order valence-electron chi connectivity index (χ1n) is 6.02. The van der Waals surface area contributed by atoms with E-state index in [1.165, 1.54) is 12.1 Å². The van der Waals surface area contributed by atoms with Crippen molar-refractivity contribution in [3.8, 4) is 5.75 Å². The summed E-state index contributed by atoms with van der Waals surface area (Å²) >= 11 is 3.21. The van der Waals surface area contributed by atoms with Gasteiger partial charge in [0, 0.05) is 23.7 Å². The molecule has 0 spiro atoms. The molecule has 0 saturated heterocycles. The van der Waals surface area contributed by atoms with Gasteiger partial charge in [-0.2, -0.15) is 0 Å². The zero-order chi connectivity index (χ0) is 14.0. The maximum atomic E-state index is 13.0. The molecular weight excluding hydrogens is 320 g/mol. The maximum absolute atomic E-state index is 13.0. The zero-order valence-corrected chi connectivity index (χ0v) is 11.7. The van der Waals surface area contributed by atoms with E-state index in [-0.39, 0.29) is 36.8 Å². The van der Waals surface area contributed by atoms with Crippen LogP contribution in [0.2, 0.25) is 0 Å². The number of rotatable bonds is 3. The molecule has 2 N–H and O–H groups in total. The lowest BCUT2D eigenvalue weighted by atomic mass is 10.0. The molecule has 19 heavy (non-hydrogen) atoms. The lowest BCUT2D eigenvalue weighted by Crippen LogP contribution is -2.17. The predicted octanol–water partition coefficient (Wildman–Crippen LogP) is 3.92. The first-order chi connectivity index (χ1) is 8.85. The Bertz CT molecular complexity index is 494. The van der Waals surface area contributed by atoms with Crippen molar-refractivity contribution in [2.45, 2.75) is 31.6 Å². The number of benzene rings is 1. The van der Waals surface area contributed by atoms with Gasteiger partial charge in [0.25, 0.3) is 0 Å². The van der Waals surface area contributed by atoms with Crippen LogP contribution in [0.4, 0.5) is 14.5 Å². The van der Waals surface area contributed by atoms with Crippen LogP contribution in [0.5, 0.6) is 5.75 Å². The molecule has 1 atom stereocenters. The van der Waals surface area contributed by atoms with Gasteiger partial charge in [0.05, 0.1) is 5.69 Å². The summed E-state index contributed by atoms with van der Waals surface area (Å²) in [5, 5.41) is 11.9. The molecule has 3 nitrogen and oxygen atoms in total. The molecule has 1 aliphatic rings. The van der Waals surface area contributed by atoms with E-state index in [1.807, 2.05) is 0 Å². The van der Waals surface area contributed by atoms with Crippen LogP contribution in [0.3, 0.4) is 0 Å². The highest BCUT2D eigenvalue weighted by Crippen LogP contribution is 2.40. The third-order valence-corrected chi connectivity index (χ3v) is 3.86. The standard InChI is InChI=1S/C13H14BrF2NO2/c14-10-6-9(18)1-2-11(10)17-12(19)5-8-3-4-13(15,16)7-8/h1-2,6,8,18H,3-5,7H2,(H,17,19). The Kier molecular flexibility index (Phi) is 4.08. The molecule has 0 aliphatic heterocycles. The average molecular weight is 334 g/mol. The number of carbonyl (C=O) groups excluding carboxylic acids is 1. The number of phenolic OH excluding ortho intramolecular Hbond substituents is 1. The zero-order valence-electron chi connectivity index (χ0n) is 10.1. The van der Waals surface area contributed by atoms with Crippen molar-refractivity contribution in [3.63, 3.8) is 0 Å². The Morgan fingerprint density at radius 3 is 2.84 bits per heavy atom. The van der Waals surface area contributed by atoms with Crippen LogP contribution >= 0.6 is 15.9 Å². The fraction of sp³-hybridized carbons (Fsp3) is 0.462. The average Bonchev–Trinajstić information content (AvgIpc) is 2.62. The number of halogens is 3. The molecule has 0 radical (unpaired) electrons. The number of nitrogens with one attached hydrogen (secondary N) is 1. The third-order valence-electron chi connectivity index (χ3n) is 3.21. The molecule has 1 amide bonds. The molecule has 104 valence electrons. The number of hydrogen-bond acceptors (Lipinski definition) is 2. The summed E-state index contributed by atoms with van der Waals surface area (Å²) < 4.78 is 26.6. The second-order valence-electron chi connectivity index (χ2n) is 4.88. The van der Waals surface area contributed by atoms with E-state index in [2.05, 4.69) is 21.2 Å². The van der Waals surface area contributed by atoms with E-state index >= 15 is 0 Å². The highest BCUT2D eigenvalue weighted by atomic mass is 79.9. The van der Waals surface area contributed by atoms with Gasteiger partial charge in [-0.05, 0) is 46.5 Å². The number of alkyl halides is 2. The number of amides is 1. The van der Waals surface area contributed by atoms with Gasteiger partial charge in [0.15, 0.2) is 0 Å². The SMILES string of the molecule is O=C(CC1CCC(F)(F)C1)Nc1ccc(O)cc1Br. The maximum Gasteiger partial charge on any atom is 0.248 e. The minimum atomic E-state index is -2.62. The highest BCUT2D eigenvalue weighted by molar-refractivity contribution is 9.10. The molecule has 0 aromatic heterocycles. The van der Waals surface area contributed by atoms with Gasteiger partial charge < -0.3 is 10.4 Å². The summed E-state index contributed by atoms with van der Waals surface area (Å²) in [6.45, 7) is 0. The summed E-state index contributed by atoms with van der Waals surface area (Å²) in [5.74, 6) is -3.08. The molecule has 0 heterocycles. The Balaban J connectivity index is 1.91. The lowest BCUT2D eigenvalue weighted by molar-refractivity contribution is -0.117. The summed E-state index contributed by atoms with van der Waals surface area (Å²) in [4.78, 5) is 11.8. The van der Waals surface area contributed by atoms with Crippen LogP contribution in [0, 0.1) is 5.92 Å². The van der Waals surface area contributed by atoms with Crippen molar-refractivity contribution >= 4 is 27.5 Å². The molecule has 1 unspecified atom stereocenters. The summed E-state index contributed by atoms with van der Waals surface area (Å²) in [6, 6.07) is 4.46. The van der Waals surface area contributed by atoms with Crippen LogP contribution in [-0.4, -0.2) is 16.9 Å². The third kappa shape index (κ3) is 3.89. The smallest absolute Gasteiger partial charge is 0.248 e. The minimum Gasteiger partial charge on any atom is -0.508 e. The first-order valence-corrected chi connectivity index (χ1v) is 6.81. The molecular formula is C13H14BrF2NO2. The largest absolute Gasteiger partial charge is 0.508 e. The second kappa shape index (κ2) is 5.45. The van der Waals surface area contributed by atoms with Crippen LogP contribution in [0.15, 0.2) is 22.7 Å². The van der Waals surface area contributed by atoms with E-state index in [0.29, 0.717) is 16.6 Å². The number of anilines is 1. The van der Waals surface area contributed by atoms with Crippen LogP contribution < -0.4 is 5.32 Å². The predicted molar refractivity (Wildman–Crippen MR) is 71.3 cm³/mol. The van der Waals surface area contributed by atoms with E-state index in [4.69, 9.17) is 0 Å². The molecule has 6 heteroatoms. The topological polar surface area (TPSA) is 49.3 Å². The lowest BCUT2D eigenvalue weighted by Gasteiger charge is -2.12. The molecule has 2 rings (SSSR count). The van der Waals surface area contributed by atoms with Crippen molar-refractivity contribution in [3.05, 3.63) is 22.7 Å². The molecule has 1 saturated carbocycles. The Morgan fingerprint density at radius 2 is 2.26 bits per heavy atom. The summed E-state index contributed by atoms with van der Waals surface area (Å²) in [7, 11) is 0. The molecule has 1 aromatic carbocycles. The van der Waals surface area contributed by atoms with E-state index in [9.17, 15) is 18.7 Å². The van der Waals surface area contributed by atoms with Gasteiger partial charge in [0.2, 0.25) is 11.8 Å². The van der Waals surface area contributed by atoms with Gasteiger partial charge >= 0.3 is 0 Å². The Hall–Kier alpha value is -1.17. The van der Waals surface area contributed by atoms with Crippen molar-refractivity contribution < 1.29 is 18.7 Å². The van der Waals surface area contributed by atoms with E-state index in [0.717, 1.165) is 0 Å². The van der Waals surface area contributed by atoms with Crippen LogP contribution in [-0.2, 0) is 4.79 Å². The number of aromatic hydroxyl groups is 1. The van der Waals surface area contributed by atoms with E-state index in [1.54, 1.807) is 6.07 Å². The first kappa shape index (κ1) is 14.2. The summed E-state index contributed by atoms with van der Waals surface area (Å²) in [5.41, 5.74) is 0.521. The van der Waals surface area contributed by atoms with Crippen molar-refractivity contribution in [2.24, 2.45) is 5.92 Å². The molecule has 1 aliphatic carbocycles. The van der Waals surface area contributed by atoms with E-state index < -0.39 is 5.92 Å². The van der Waals surface area contributed by atoms with Gasteiger partial charge in [-0.3, -0.25) is 4.79 Å². The van der Waals surface area contributed by atoms with Gasteiger partial charge in [0.1, 0.15) is 5.75 Å².